The summed E-state index contributed by atoms with van der Waals surface area (Å²) in [5, 5.41) is -0.560. The predicted octanol–water partition coefficient (Wildman–Crippen LogP) is 3.47. The lowest BCUT2D eigenvalue weighted by molar-refractivity contribution is -0.141. The number of nitrogens with two attached hydrogens (primary N) is 3. The van der Waals surface area contributed by atoms with Crippen LogP contribution in [0, 0.1) is 5.41 Å². The zero-order chi connectivity index (χ0) is 24.0. The van der Waals surface area contributed by atoms with E-state index < -0.39 is 22.8 Å². The third-order valence-electron chi connectivity index (χ3n) is 6.47. The third kappa shape index (κ3) is 4.56. The maximum Gasteiger partial charge on any atom is 0.434 e. The Labute approximate surface area is 197 Å². The highest BCUT2D eigenvalue weighted by molar-refractivity contribution is 7.99. The first-order valence-electron chi connectivity index (χ1n) is 10.4. The number of piperidine rings is 1. The quantitative estimate of drug-likeness (QED) is 0.579. The van der Waals surface area contributed by atoms with Crippen molar-refractivity contribution in [3.05, 3.63) is 28.7 Å². The van der Waals surface area contributed by atoms with Crippen LogP contribution in [-0.2, 0) is 6.18 Å². The largest absolute Gasteiger partial charge is 0.434 e. The molecule has 0 bridgehead atoms. The van der Waals surface area contributed by atoms with Crippen LogP contribution in [0.2, 0.25) is 5.02 Å². The monoisotopic (exact) mass is 501 g/mol. The Morgan fingerprint density at radius 2 is 1.94 bits per heavy atom. The van der Waals surface area contributed by atoms with Gasteiger partial charge in [0, 0.05) is 30.2 Å². The molecule has 1 saturated carbocycles. The fraction of sp³-hybridized carbons (Fsp3) is 0.500. The summed E-state index contributed by atoms with van der Waals surface area (Å²) < 4.78 is 39.4. The highest BCUT2D eigenvalue weighted by atomic mass is 35.5. The molecular formula is C20H23ClF3N7OS. The van der Waals surface area contributed by atoms with E-state index in [2.05, 4.69) is 15.0 Å². The molecule has 1 aliphatic heterocycles. The number of amides is 1. The fourth-order valence-electron chi connectivity index (χ4n) is 4.64. The van der Waals surface area contributed by atoms with E-state index in [9.17, 15) is 18.0 Å². The Morgan fingerprint density at radius 3 is 2.52 bits per heavy atom. The highest BCUT2D eigenvalue weighted by Gasteiger charge is 2.43. The van der Waals surface area contributed by atoms with Gasteiger partial charge in [0.05, 0.1) is 5.02 Å². The first-order chi connectivity index (χ1) is 15.5. The molecule has 8 nitrogen and oxygen atoms in total. The van der Waals surface area contributed by atoms with Crippen molar-refractivity contribution < 1.29 is 18.0 Å². The molecule has 1 amide bonds. The minimum Gasteiger partial charge on any atom is -0.381 e. The number of carbonyl (C=O) groups is 1. The van der Waals surface area contributed by atoms with Gasteiger partial charge in [-0.25, -0.2) is 9.97 Å². The van der Waals surface area contributed by atoms with Gasteiger partial charge in [-0.05, 0) is 37.2 Å². The standard InChI is InChI=1S/C20H23ClF3N7OS/c21-12-10(3-7-28-14(12)20(22,23)24)33-18-15(26)30-17(13(29-18)16(27)32)31-8-5-19(6-9-31)4-1-2-11(19)25/h3,7,11H,1-2,4-6,8-9,25H2,(H2,26,30)(H2,27,32)/t11-/m1/s1. The van der Waals surface area contributed by atoms with E-state index in [1.807, 2.05) is 4.90 Å². The Morgan fingerprint density at radius 1 is 1.24 bits per heavy atom. The number of hydrogen-bond acceptors (Lipinski definition) is 8. The topological polar surface area (TPSA) is 137 Å². The number of anilines is 2. The molecule has 0 radical (unpaired) electrons. The molecule has 33 heavy (non-hydrogen) atoms. The van der Waals surface area contributed by atoms with Crippen molar-refractivity contribution in [2.24, 2.45) is 16.9 Å². The van der Waals surface area contributed by atoms with E-state index in [0.717, 1.165) is 50.1 Å². The van der Waals surface area contributed by atoms with Gasteiger partial charge in [-0.3, -0.25) is 9.78 Å². The third-order valence-corrected chi connectivity index (χ3v) is 8.02. The molecule has 0 aromatic carbocycles. The van der Waals surface area contributed by atoms with Crippen LogP contribution in [0.15, 0.2) is 22.2 Å². The number of nitrogen functional groups attached to an aromatic ring is 1. The summed E-state index contributed by atoms with van der Waals surface area (Å²) in [5.41, 5.74) is 16.8. The van der Waals surface area contributed by atoms with Gasteiger partial charge in [-0.1, -0.05) is 29.8 Å². The Kier molecular flexibility index (Phi) is 6.36. The molecule has 2 aromatic heterocycles. The number of aromatic nitrogens is 3. The second kappa shape index (κ2) is 8.80. The molecule has 178 valence electrons. The SMILES string of the molecule is NC(=O)c1nc(Sc2ccnc(C(F)(F)F)c2Cl)c(N)nc1N1CCC2(CCC[C@H]2N)CC1. The van der Waals surface area contributed by atoms with Crippen molar-refractivity contribution in [3.8, 4) is 0 Å². The molecule has 1 atom stereocenters. The second-order valence-electron chi connectivity index (χ2n) is 8.37. The number of rotatable bonds is 4. The zero-order valence-corrected chi connectivity index (χ0v) is 19.1. The first-order valence-corrected chi connectivity index (χ1v) is 11.6. The van der Waals surface area contributed by atoms with Crippen molar-refractivity contribution in [2.75, 3.05) is 23.7 Å². The van der Waals surface area contributed by atoms with Gasteiger partial charge in [-0.15, -0.1) is 0 Å². The molecule has 2 aliphatic rings. The maximum atomic E-state index is 13.1. The lowest BCUT2D eigenvalue weighted by Gasteiger charge is -2.42. The number of carbonyl (C=O) groups excluding carboxylic acids is 1. The summed E-state index contributed by atoms with van der Waals surface area (Å²) in [7, 11) is 0. The summed E-state index contributed by atoms with van der Waals surface area (Å²) >= 11 is 6.68. The number of alkyl halides is 3. The van der Waals surface area contributed by atoms with Gasteiger partial charge >= 0.3 is 6.18 Å². The molecule has 2 aromatic rings. The Balaban J connectivity index is 1.62. The van der Waals surface area contributed by atoms with E-state index in [0.29, 0.717) is 13.1 Å². The Hall–Kier alpha value is -2.31. The molecule has 3 heterocycles. The summed E-state index contributed by atoms with van der Waals surface area (Å²) in [4.78, 5) is 26.0. The van der Waals surface area contributed by atoms with Crippen molar-refractivity contribution in [1.82, 2.24) is 15.0 Å². The van der Waals surface area contributed by atoms with Crippen molar-refractivity contribution >= 4 is 40.9 Å². The second-order valence-corrected chi connectivity index (χ2v) is 9.78. The molecule has 6 N–H and O–H groups in total. The first kappa shape index (κ1) is 23.8. The predicted molar refractivity (Wildman–Crippen MR) is 119 cm³/mol. The average Bonchev–Trinajstić information content (AvgIpc) is 3.09. The van der Waals surface area contributed by atoms with Crippen LogP contribution in [0.4, 0.5) is 24.8 Å². The van der Waals surface area contributed by atoms with Gasteiger partial charge in [0.1, 0.15) is 5.03 Å². The number of primary amides is 1. The number of hydrogen-bond donors (Lipinski definition) is 3. The fourth-order valence-corrected chi connectivity index (χ4v) is 5.79. The van der Waals surface area contributed by atoms with Crippen LogP contribution in [0.1, 0.15) is 48.3 Å². The molecule has 1 aliphatic carbocycles. The number of pyridine rings is 1. The van der Waals surface area contributed by atoms with Crippen LogP contribution < -0.4 is 22.1 Å². The van der Waals surface area contributed by atoms with Gasteiger partial charge in [-0.2, -0.15) is 13.2 Å². The van der Waals surface area contributed by atoms with Crippen LogP contribution in [0.5, 0.6) is 0 Å². The molecular weight excluding hydrogens is 479 g/mol. The van der Waals surface area contributed by atoms with Gasteiger partial charge in [0.25, 0.3) is 5.91 Å². The molecule has 1 spiro atoms. The van der Waals surface area contributed by atoms with Gasteiger partial charge in [0.2, 0.25) is 0 Å². The highest BCUT2D eigenvalue weighted by Crippen LogP contribution is 2.46. The molecule has 0 unspecified atom stereocenters. The molecule has 2 fully saturated rings. The van der Waals surface area contributed by atoms with E-state index in [-0.39, 0.29) is 38.7 Å². The summed E-state index contributed by atoms with van der Waals surface area (Å²) in [6.07, 6.45) is 1.19. The minimum atomic E-state index is -4.72. The number of halogens is 4. The summed E-state index contributed by atoms with van der Waals surface area (Å²) in [5.74, 6) is -0.587. The van der Waals surface area contributed by atoms with Gasteiger partial charge < -0.3 is 22.1 Å². The van der Waals surface area contributed by atoms with Gasteiger partial charge in [0.15, 0.2) is 23.0 Å². The lowest BCUT2D eigenvalue weighted by Crippen LogP contribution is -2.47. The maximum absolute atomic E-state index is 13.1. The van der Waals surface area contributed by atoms with E-state index >= 15 is 0 Å². The summed E-state index contributed by atoms with van der Waals surface area (Å²) in [6.45, 7) is 1.25. The number of nitrogens with zero attached hydrogens (tertiary/aromatic N) is 4. The summed E-state index contributed by atoms with van der Waals surface area (Å²) in [6, 6.07) is 1.47. The van der Waals surface area contributed by atoms with Crippen LogP contribution in [-0.4, -0.2) is 40.0 Å². The zero-order valence-electron chi connectivity index (χ0n) is 17.5. The van der Waals surface area contributed by atoms with Crippen LogP contribution in [0.25, 0.3) is 0 Å². The molecule has 4 rings (SSSR count). The Bertz CT molecular complexity index is 1080. The average molecular weight is 502 g/mol. The van der Waals surface area contributed by atoms with E-state index in [1.165, 1.54) is 6.07 Å². The van der Waals surface area contributed by atoms with Crippen LogP contribution >= 0.6 is 23.4 Å². The van der Waals surface area contributed by atoms with Crippen molar-refractivity contribution in [2.45, 2.75) is 54.2 Å². The normalized spacial score (nSPS) is 20.4. The van der Waals surface area contributed by atoms with Crippen molar-refractivity contribution in [3.63, 3.8) is 0 Å². The minimum absolute atomic E-state index is 0.0262. The van der Waals surface area contributed by atoms with Crippen molar-refractivity contribution in [1.29, 1.82) is 0 Å². The van der Waals surface area contributed by atoms with Crippen LogP contribution in [0.3, 0.4) is 0 Å². The van der Waals surface area contributed by atoms with E-state index in [4.69, 9.17) is 28.8 Å². The molecule has 1 saturated heterocycles. The van der Waals surface area contributed by atoms with E-state index in [1.54, 1.807) is 0 Å². The molecule has 13 heteroatoms. The smallest absolute Gasteiger partial charge is 0.381 e. The lowest BCUT2D eigenvalue weighted by atomic mass is 9.74.